The second kappa shape index (κ2) is 6.14. The summed E-state index contributed by atoms with van der Waals surface area (Å²) in [6.07, 6.45) is 1.97. The number of nitrogens with zero attached hydrogens (tertiary/aromatic N) is 5. The van der Waals surface area contributed by atoms with Gasteiger partial charge in [-0.05, 0) is 11.6 Å². The second-order valence-electron chi connectivity index (χ2n) is 5.99. The van der Waals surface area contributed by atoms with Gasteiger partial charge in [0.25, 0.3) is 0 Å². The molecule has 0 atom stereocenters. The molecule has 26 heavy (non-hydrogen) atoms. The van der Waals surface area contributed by atoms with Gasteiger partial charge >= 0.3 is 5.97 Å². The van der Waals surface area contributed by atoms with Crippen molar-refractivity contribution in [3.8, 4) is 11.3 Å². The van der Waals surface area contributed by atoms with Crippen LogP contribution in [0.2, 0.25) is 0 Å². The van der Waals surface area contributed by atoms with Crippen LogP contribution in [0, 0.1) is 0 Å². The topological polar surface area (TPSA) is 86.3 Å². The minimum Gasteiger partial charge on any atom is -0.469 e. The summed E-state index contributed by atoms with van der Waals surface area (Å²) in [5, 5.41) is 7.79. The van der Waals surface area contributed by atoms with E-state index in [1.165, 1.54) is 7.11 Å². The van der Waals surface area contributed by atoms with Gasteiger partial charge in [-0.2, -0.15) is 9.61 Å². The quantitative estimate of drug-likeness (QED) is 0.567. The number of imidazole rings is 1. The number of benzene rings is 1. The zero-order chi connectivity index (χ0) is 18.3. The van der Waals surface area contributed by atoms with Crippen LogP contribution < -0.4 is 5.32 Å². The Morgan fingerprint density at radius 2 is 2.15 bits per heavy atom. The number of nitrogens with one attached hydrogen (secondary N) is 1. The van der Waals surface area contributed by atoms with Crippen LogP contribution >= 0.6 is 0 Å². The van der Waals surface area contributed by atoms with Crippen molar-refractivity contribution < 1.29 is 9.53 Å². The largest absolute Gasteiger partial charge is 0.469 e. The molecule has 4 aromatic rings. The van der Waals surface area contributed by atoms with Crippen molar-refractivity contribution in [1.82, 2.24) is 24.1 Å². The minimum atomic E-state index is -0.269. The number of aromatic nitrogens is 5. The third kappa shape index (κ3) is 2.55. The van der Waals surface area contributed by atoms with Crippen molar-refractivity contribution in [2.75, 3.05) is 19.5 Å². The number of methoxy groups -OCH3 is 1. The van der Waals surface area contributed by atoms with Crippen molar-refractivity contribution in [2.24, 2.45) is 7.05 Å². The lowest BCUT2D eigenvalue weighted by Gasteiger charge is -2.03. The van der Waals surface area contributed by atoms with Crippen LogP contribution in [0.3, 0.4) is 0 Å². The third-order valence-electron chi connectivity index (χ3n) is 4.28. The average molecular weight is 350 g/mol. The van der Waals surface area contributed by atoms with Crippen molar-refractivity contribution in [1.29, 1.82) is 0 Å². The summed E-state index contributed by atoms with van der Waals surface area (Å²) in [4.78, 5) is 20.5. The van der Waals surface area contributed by atoms with E-state index < -0.39 is 0 Å². The van der Waals surface area contributed by atoms with E-state index in [9.17, 15) is 4.79 Å². The normalized spacial score (nSPS) is 11.2. The molecule has 0 spiro atoms. The number of hydrogen-bond donors (Lipinski definition) is 1. The van der Waals surface area contributed by atoms with E-state index in [2.05, 4.69) is 15.3 Å². The number of anilines is 1. The van der Waals surface area contributed by atoms with Crippen LogP contribution in [-0.4, -0.2) is 44.3 Å². The van der Waals surface area contributed by atoms with Crippen LogP contribution in [0.5, 0.6) is 0 Å². The zero-order valence-electron chi connectivity index (χ0n) is 14.7. The van der Waals surface area contributed by atoms with Gasteiger partial charge in [0, 0.05) is 25.7 Å². The van der Waals surface area contributed by atoms with E-state index in [4.69, 9.17) is 9.84 Å². The monoisotopic (exact) mass is 350 g/mol. The SMILES string of the molecule is CNc1nc2cc(-c3cccc(CC(=O)OC)c3)nn2c2c1ncn2C. The highest BCUT2D eigenvalue weighted by Crippen LogP contribution is 2.25. The molecule has 3 heterocycles. The van der Waals surface area contributed by atoms with Gasteiger partial charge in [-0.1, -0.05) is 18.2 Å². The molecular weight excluding hydrogens is 332 g/mol. The maximum absolute atomic E-state index is 11.5. The van der Waals surface area contributed by atoms with E-state index in [0.717, 1.165) is 33.6 Å². The molecular formula is C18H18N6O2. The first-order valence-corrected chi connectivity index (χ1v) is 8.15. The standard InChI is InChI=1S/C18H18N6O2/c1-19-17-16-18(23(2)10-20-16)24-14(21-17)9-13(22-24)12-6-4-5-11(7-12)8-15(25)26-3/h4-7,9-10H,8H2,1-3H3,(H,19,21). The Morgan fingerprint density at radius 3 is 2.92 bits per heavy atom. The van der Waals surface area contributed by atoms with Crippen LogP contribution in [0.1, 0.15) is 5.56 Å². The molecule has 3 aromatic heterocycles. The van der Waals surface area contributed by atoms with E-state index in [1.807, 2.05) is 49.0 Å². The Hall–Kier alpha value is -3.42. The molecule has 0 saturated carbocycles. The summed E-state index contributed by atoms with van der Waals surface area (Å²) in [6, 6.07) is 9.63. The van der Waals surface area contributed by atoms with Gasteiger partial charge in [0.15, 0.2) is 22.6 Å². The lowest BCUT2D eigenvalue weighted by molar-refractivity contribution is -0.139. The maximum atomic E-state index is 11.5. The third-order valence-corrected chi connectivity index (χ3v) is 4.28. The smallest absolute Gasteiger partial charge is 0.309 e. The molecule has 0 saturated heterocycles. The van der Waals surface area contributed by atoms with Crippen LogP contribution in [0.15, 0.2) is 36.7 Å². The van der Waals surface area contributed by atoms with E-state index in [0.29, 0.717) is 5.82 Å². The highest BCUT2D eigenvalue weighted by atomic mass is 16.5. The van der Waals surface area contributed by atoms with Gasteiger partial charge in [-0.15, -0.1) is 0 Å². The lowest BCUT2D eigenvalue weighted by atomic mass is 10.1. The Labute approximate surface area is 149 Å². The van der Waals surface area contributed by atoms with Gasteiger partial charge in [-0.3, -0.25) is 4.79 Å². The second-order valence-corrected chi connectivity index (χ2v) is 5.99. The first-order valence-electron chi connectivity index (χ1n) is 8.15. The lowest BCUT2D eigenvalue weighted by Crippen LogP contribution is -2.04. The Morgan fingerprint density at radius 1 is 1.31 bits per heavy atom. The fourth-order valence-corrected chi connectivity index (χ4v) is 3.01. The number of hydrogen-bond acceptors (Lipinski definition) is 6. The first-order chi connectivity index (χ1) is 12.6. The summed E-state index contributed by atoms with van der Waals surface area (Å²) in [6.45, 7) is 0. The first kappa shape index (κ1) is 16.1. The molecule has 0 unspecified atom stereocenters. The Bertz CT molecular complexity index is 1130. The summed E-state index contributed by atoms with van der Waals surface area (Å²) in [7, 11) is 5.13. The molecule has 0 amide bonds. The number of carbonyl (C=O) groups excluding carboxylic acids is 1. The number of aryl methyl sites for hydroxylation is 1. The van der Waals surface area contributed by atoms with Gasteiger partial charge in [0.2, 0.25) is 0 Å². The van der Waals surface area contributed by atoms with Crippen LogP contribution in [0.25, 0.3) is 28.1 Å². The summed E-state index contributed by atoms with van der Waals surface area (Å²) in [5.41, 5.74) is 4.91. The van der Waals surface area contributed by atoms with Crippen molar-refractivity contribution >= 4 is 28.6 Å². The summed E-state index contributed by atoms with van der Waals surface area (Å²) in [5.74, 6) is 0.438. The van der Waals surface area contributed by atoms with E-state index in [-0.39, 0.29) is 12.4 Å². The van der Waals surface area contributed by atoms with Crippen molar-refractivity contribution in [3.63, 3.8) is 0 Å². The van der Waals surface area contributed by atoms with Gasteiger partial charge < -0.3 is 14.6 Å². The fraction of sp³-hybridized carbons (Fsp3) is 0.222. The van der Waals surface area contributed by atoms with Gasteiger partial charge in [0.1, 0.15) is 0 Å². The predicted octanol–water partition coefficient (Wildman–Crippen LogP) is 2.04. The van der Waals surface area contributed by atoms with Gasteiger partial charge in [-0.25, -0.2) is 9.97 Å². The fourth-order valence-electron chi connectivity index (χ4n) is 3.01. The van der Waals surface area contributed by atoms with Crippen LogP contribution in [0.4, 0.5) is 5.82 Å². The molecule has 1 N–H and O–H groups in total. The molecule has 0 radical (unpaired) electrons. The average Bonchev–Trinajstić information content (AvgIpc) is 3.24. The number of rotatable bonds is 4. The molecule has 132 valence electrons. The summed E-state index contributed by atoms with van der Waals surface area (Å²) >= 11 is 0. The Balaban J connectivity index is 1.86. The van der Waals surface area contributed by atoms with E-state index >= 15 is 0 Å². The number of esters is 1. The number of ether oxygens (including phenoxy) is 1. The molecule has 0 bridgehead atoms. The molecule has 0 fully saturated rings. The summed E-state index contributed by atoms with van der Waals surface area (Å²) < 4.78 is 8.44. The molecule has 0 aliphatic carbocycles. The zero-order valence-corrected chi connectivity index (χ0v) is 14.7. The highest BCUT2D eigenvalue weighted by Gasteiger charge is 2.15. The molecule has 8 nitrogen and oxygen atoms in total. The molecule has 8 heteroatoms. The van der Waals surface area contributed by atoms with Gasteiger partial charge in [0.05, 0.1) is 25.6 Å². The predicted molar refractivity (Wildman–Crippen MR) is 98.0 cm³/mol. The molecule has 0 aliphatic heterocycles. The number of fused-ring (bicyclic) bond motifs is 3. The number of carbonyl (C=O) groups is 1. The van der Waals surface area contributed by atoms with Crippen molar-refractivity contribution in [3.05, 3.63) is 42.2 Å². The molecule has 0 aliphatic rings. The van der Waals surface area contributed by atoms with Crippen molar-refractivity contribution in [2.45, 2.75) is 6.42 Å². The molecule has 1 aromatic carbocycles. The highest BCUT2D eigenvalue weighted by molar-refractivity contribution is 5.86. The minimum absolute atomic E-state index is 0.228. The van der Waals surface area contributed by atoms with Crippen LogP contribution in [-0.2, 0) is 23.0 Å². The Kier molecular flexibility index (Phi) is 3.80. The molecule has 4 rings (SSSR count). The maximum Gasteiger partial charge on any atom is 0.309 e. The van der Waals surface area contributed by atoms with E-state index in [1.54, 1.807) is 10.8 Å².